The number of amides is 1. The number of nitrogens with one attached hydrogen (secondary N) is 1. The molecule has 0 aliphatic carbocycles. The Bertz CT molecular complexity index is 391. The summed E-state index contributed by atoms with van der Waals surface area (Å²) < 4.78 is 1.04. The van der Waals surface area contributed by atoms with Gasteiger partial charge in [-0.1, -0.05) is 28.1 Å². The lowest BCUT2D eigenvalue weighted by molar-refractivity contribution is -0.121. The Balaban J connectivity index is 0.00000289. The van der Waals surface area contributed by atoms with Gasteiger partial charge in [-0.15, -0.1) is 12.4 Å². The number of hydrogen-bond donors (Lipinski definition) is 2. The summed E-state index contributed by atoms with van der Waals surface area (Å²) in [5, 5.41) is 2.83. The number of rotatable bonds is 5. The lowest BCUT2D eigenvalue weighted by Gasteiger charge is -2.18. The molecular formula is C13H20BrClN2O. The molecular weight excluding hydrogens is 316 g/mol. The Kier molecular flexibility index (Phi) is 7.52. The maximum absolute atomic E-state index is 11.6. The van der Waals surface area contributed by atoms with Gasteiger partial charge in [0.15, 0.2) is 0 Å². The van der Waals surface area contributed by atoms with Crippen molar-refractivity contribution in [2.24, 2.45) is 5.73 Å². The third-order valence-corrected chi connectivity index (χ3v) is 2.76. The fourth-order valence-electron chi connectivity index (χ4n) is 1.37. The standard InChI is InChI=1S/C13H19BrN2O.ClH/c1-13(2,15)9-16-12(17)7-6-10-4-3-5-11(14)8-10;/h3-5,8H,6-7,9,15H2,1-2H3,(H,16,17);1H. The maximum atomic E-state index is 11.6. The molecule has 0 bridgehead atoms. The largest absolute Gasteiger partial charge is 0.354 e. The number of aryl methyl sites for hydroxylation is 1. The SMILES string of the molecule is CC(C)(N)CNC(=O)CCc1cccc(Br)c1.Cl. The third-order valence-electron chi connectivity index (χ3n) is 2.27. The second-order valence-electron chi connectivity index (χ2n) is 4.90. The first-order chi connectivity index (χ1) is 7.87. The maximum Gasteiger partial charge on any atom is 0.220 e. The van der Waals surface area contributed by atoms with E-state index in [1.807, 2.05) is 38.1 Å². The minimum Gasteiger partial charge on any atom is -0.354 e. The van der Waals surface area contributed by atoms with Crippen molar-refractivity contribution < 1.29 is 4.79 Å². The summed E-state index contributed by atoms with van der Waals surface area (Å²) in [6.07, 6.45) is 1.24. The van der Waals surface area contributed by atoms with Crippen LogP contribution in [0.5, 0.6) is 0 Å². The van der Waals surface area contributed by atoms with E-state index in [0.29, 0.717) is 13.0 Å². The van der Waals surface area contributed by atoms with Crippen LogP contribution < -0.4 is 11.1 Å². The van der Waals surface area contributed by atoms with Crippen molar-refractivity contribution in [3.05, 3.63) is 34.3 Å². The Morgan fingerprint density at radius 3 is 2.67 bits per heavy atom. The van der Waals surface area contributed by atoms with Crippen LogP contribution in [-0.4, -0.2) is 18.0 Å². The van der Waals surface area contributed by atoms with Crippen LogP contribution in [0.15, 0.2) is 28.7 Å². The molecule has 0 fully saturated rings. The number of halogens is 2. The van der Waals surface area contributed by atoms with Crippen LogP contribution in [0.3, 0.4) is 0 Å². The second-order valence-corrected chi connectivity index (χ2v) is 5.81. The average molecular weight is 336 g/mol. The van der Waals surface area contributed by atoms with Gasteiger partial charge in [-0.25, -0.2) is 0 Å². The minimum atomic E-state index is -0.356. The van der Waals surface area contributed by atoms with Gasteiger partial charge in [0, 0.05) is 23.0 Å². The molecule has 18 heavy (non-hydrogen) atoms. The van der Waals surface area contributed by atoms with Crippen molar-refractivity contribution in [2.75, 3.05) is 6.54 Å². The van der Waals surface area contributed by atoms with Crippen molar-refractivity contribution in [1.82, 2.24) is 5.32 Å². The fourth-order valence-corrected chi connectivity index (χ4v) is 1.81. The van der Waals surface area contributed by atoms with Gasteiger partial charge in [-0.05, 0) is 38.0 Å². The molecule has 0 saturated heterocycles. The number of nitrogens with two attached hydrogens (primary N) is 1. The number of carbonyl (C=O) groups is 1. The predicted octanol–water partition coefficient (Wildman–Crippen LogP) is 2.66. The van der Waals surface area contributed by atoms with E-state index in [4.69, 9.17) is 5.73 Å². The summed E-state index contributed by atoms with van der Waals surface area (Å²) in [5.74, 6) is 0.0449. The van der Waals surface area contributed by atoms with Gasteiger partial charge < -0.3 is 11.1 Å². The lowest BCUT2D eigenvalue weighted by atomic mass is 10.1. The highest BCUT2D eigenvalue weighted by molar-refractivity contribution is 9.10. The summed E-state index contributed by atoms with van der Waals surface area (Å²) in [7, 11) is 0. The molecule has 0 aliphatic rings. The fraction of sp³-hybridized carbons (Fsp3) is 0.462. The predicted molar refractivity (Wildman–Crippen MR) is 81.0 cm³/mol. The van der Waals surface area contributed by atoms with Crippen LogP contribution >= 0.6 is 28.3 Å². The van der Waals surface area contributed by atoms with Crippen LogP contribution in [-0.2, 0) is 11.2 Å². The van der Waals surface area contributed by atoms with Crippen molar-refractivity contribution in [3.8, 4) is 0 Å². The first-order valence-electron chi connectivity index (χ1n) is 5.67. The highest BCUT2D eigenvalue weighted by Gasteiger charge is 2.11. The van der Waals surface area contributed by atoms with Gasteiger partial charge in [-0.2, -0.15) is 0 Å². The van der Waals surface area contributed by atoms with E-state index in [2.05, 4.69) is 21.2 Å². The van der Waals surface area contributed by atoms with E-state index in [9.17, 15) is 4.79 Å². The molecule has 1 aromatic rings. The van der Waals surface area contributed by atoms with Gasteiger partial charge in [0.05, 0.1) is 0 Å². The molecule has 1 rings (SSSR count). The van der Waals surface area contributed by atoms with E-state index in [0.717, 1.165) is 16.5 Å². The Labute approximate surface area is 123 Å². The molecule has 1 amide bonds. The molecule has 0 saturated carbocycles. The lowest BCUT2D eigenvalue weighted by Crippen LogP contribution is -2.45. The minimum absolute atomic E-state index is 0. The van der Waals surface area contributed by atoms with Crippen LogP contribution in [0.4, 0.5) is 0 Å². The van der Waals surface area contributed by atoms with Crippen LogP contribution in [0.1, 0.15) is 25.8 Å². The van der Waals surface area contributed by atoms with Crippen LogP contribution in [0.2, 0.25) is 0 Å². The topological polar surface area (TPSA) is 55.1 Å². The highest BCUT2D eigenvalue weighted by atomic mass is 79.9. The van der Waals surface area contributed by atoms with Gasteiger partial charge in [0.25, 0.3) is 0 Å². The molecule has 0 radical (unpaired) electrons. The molecule has 3 nitrogen and oxygen atoms in total. The van der Waals surface area contributed by atoms with Crippen molar-refractivity contribution >= 4 is 34.2 Å². The van der Waals surface area contributed by atoms with E-state index < -0.39 is 0 Å². The van der Waals surface area contributed by atoms with E-state index >= 15 is 0 Å². The molecule has 0 aromatic heterocycles. The smallest absolute Gasteiger partial charge is 0.220 e. The third kappa shape index (κ3) is 7.69. The second kappa shape index (κ2) is 7.77. The molecule has 102 valence electrons. The first-order valence-corrected chi connectivity index (χ1v) is 6.46. The summed E-state index contributed by atoms with van der Waals surface area (Å²) >= 11 is 3.41. The van der Waals surface area contributed by atoms with Crippen molar-refractivity contribution in [2.45, 2.75) is 32.2 Å². The Morgan fingerprint density at radius 1 is 1.44 bits per heavy atom. The van der Waals surface area contributed by atoms with Crippen molar-refractivity contribution in [3.63, 3.8) is 0 Å². The zero-order chi connectivity index (χ0) is 12.9. The van der Waals surface area contributed by atoms with Gasteiger partial charge in [0.2, 0.25) is 5.91 Å². The first kappa shape index (κ1) is 17.4. The zero-order valence-corrected chi connectivity index (χ0v) is 13.1. The summed E-state index contributed by atoms with van der Waals surface area (Å²) in [6, 6.07) is 7.99. The van der Waals surface area contributed by atoms with Gasteiger partial charge >= 0.3 is 0 Å². The zero-order valence-electron chi connectivity index (χ0n) is 10.7. The van der Waals surface area contributed by atoms with E-state index in [1.165, 1.54) is 0 Å². The molecule has 0 spiro atoms. The van der Waals surface area contributed by atoms with E-state index in [-0.39, 0.29) is 23.9 Å². The number of benzene rings is 1. The quantitative estimate of drug-likeness (QED) is 0.869. The molecule has 5 heteroatoms. The van der Waals surface area contributed by atoms with Crippen molar-refractivity contribution in [1.29, 1.82) is 0 Å². The number of carbonyl (C=O) groups excluding carboxylic acids is 1. The summed E-state index contributed by atoms with van der Waals surface area (Å²) in [6.45, 7) is 4.29. The monoisotopic (exact) mass is 334 g/mol. The highest BCUT2D eigenvalue weighted by Crippen LogP contribution is 2.12. The molecule has 0 unspecified atom stereocenters. The number of hydrogen-bond acceptors (Lipinski definition) is 2. The molecule has 0 aliphatic heterocycles. The van der Waals surface area contributed by atoms with E-state index in [1.54, 1.807) is 0 Å². The van der Waals surface area contributed by atoms with Crippen LogP contribution in [0, 0.1) is 0 Å². The molecule has 0 atom stereocenters. The molecule has 1 aromatic carbocycles. The van der Waals surface area contributed by atoms with Gasteiger partial charge in [-0.3, -0.25) is 4.79 Å². The molecule has 3 N–H and O–H groups in total. The van der Waals surface area contributed by atoms with Crippen LogP contribution in [0.25, 0.3) is 0 Å². The average Bonchev–Trinajstić information content (AvgIpc) is 2.23. The summed E-state index contributed by atoms with van der Waals surface area (Å²) in [4.78, 5) is 11.6. The summed E-state index contributed by atoms with van der Waals surface area (Å²) in [5.41, 5.74) is 6.59. The normalized spacial score (nSPS) is 10.7. The van der Waals surface area contributed by atoms with Gasteiger partial charge in [0.1, 0.15) is 0 Å². The Hall–Kier alpha value is -0.580. The Morgan fingerprint density at radius 2 is 2.11 bits per heavy atom. The molecule has 0 heterocycles.